The standard InChI is InChI=1S/C45H38N2/c1-33-13-23-38(24-14-33)46(39-25-15-34(2)16-26-39)44-31-32-45(43-12-8-7-11-42(43)44)47(40-27-17-35(3)18-28-40)41-29-21-37(22-30-41)20-19-36-9-5-4-6-10-36/h4-32H,1-3H3. The fraction of sp³-hybridized carbons (Fsp3) is 0.0667. The largest absolute Gasteiger partial charge is 0.310 e. The molecule has 2 nitrogen and oxygen atoms in total. The molecular formula is C45H38N2. The monoisotopic (exact) mass is 606 g/mol. The summed E-state index contributed by atoms with van der Waals surface area (Å²) in [6, 6.07) is 59.0. The maximum Gasteiger partial charge on any atom is 0.0541 e. The molecule has 7 rings (SSSR count). The van der Waals surface area contributed by atoms with Gasteiger partial charge in [0, 0.05) is 33.5 Å². The Hall–Kier alpha value is -5.86. The molecule has 0 atom stereocenters. The highest BCUT2D eigenvalue weighted by atomic mass is 15.2. The Morgan fingerprint density at radius 2 is 0.638 bits per heavy atom. The molecule has 0 N–H and O–H groups in total. The molecule has 0 saturated carbocycles. The van der Waals surface area contributed by atoms with Gasteiger partial charge in [-0.1, -0.05) is 132 Å². The van der Waals surface area contributed by atoms with E-state index in [1.54, 1.807) is 0 Å². The number of hydrogen-bond donors (Lipinski definition) is 0. The second-order valence-corrected chi connectivity index (χ2v) is 12.2. The van der Waals surface area contributed by atoms with E-state index in [0.717, 1.165) is 39.7 Å². The number of nitrogens with zero attached hydrogens (tertiary/aromatic N) is 2. The van der Waals surface area contributed by atoms with Crippen molar-refractivity contribution in [3.05, 3.63) is 192 Å². The van der Waals surface area contributed by atoms with Crippen LogP contribution in [0, 0.1) is 20.8 Å². The fourth-order valence-corrected chi connectivity index (χ4v) is 6.08. The Labute approximate surface area is 278 Å². The van der Waals surface area contributed by atoms with Crippen molar-refractivity contribution >= 4 is 57.0 Å². The molecule has 0 aliphatic carbocycles. The van der Waals surface area contributed by atoms with Crippen LogP contribution in [0.4, 0.5) is 34.1 Å². The fourth-order valence-electron chi connectivity index (χ4n) is 6.08. The summed E-state index contributed by atoms with van der Waals surface area (Å²) in [7, 11) is 0. The number of benzene rings is 7. The van der Waals surface area contributed by atoms with Gasteiger partial charge in [0.15, 0.2) is 0 Å². The van der Waals surface area contributed by atoms with Gasteiger partial charge in [-0.2, -0.15) is 0 Å². The topological polar surface area (TPSA) is 6.48 Å². The minimum atomic E-state index is 1.11. The van der Waals surface area contributed by atoms with E-state index in [-0.39, 0.29) is 0 Å². The van der Waals surface area contributed by atoms with Crippen LogP contribution < -0.4 is 9.80 Å². The molecule has 0 fully saturated rings. The molecule has 0 aliphatic heterocycles. The Balaban J connectivity index is 1.36. The van der Waals surface area contributed by atoms with E-state index < -0.39 is 0 Å². The Bertz CT molecular complexity index is 2080. The maximum atomic E-state index is 2.37. The van der Waals surface area contributed by atoms with Crippen molar-refractivity contribution in [1.82, 2.24) is 0 Å². The zero-order chi connectivity index (χ0) is 32.2. The van der Waals surface area contributed by atoms with Gasteiger partial charge >= 0.3 is 0 Å². The molecule has 0 amide bonds. The minimum absolute atomic E-state index is 1.11. The summed E-state index contributed by atoms with van der Waals surface area (Å²) in [5, 5.41) is 2.37. The molecule has 0 unspecified atom stereocenters. The van der Waals surface area contributed by atoms with Crippen molar-refractivity contribution in [2.75, 3.05) is 9.80 Å². The summed E-state index contributed by atoms with van der Waals surface area (Å²) in [6.45, 7) is 6.41. The van der Waals surface area contributed by atoms with E-state index in [4.69, 9.17) is 0 Å². The third-order valence-corrected chi connectivity index (χ3v) is 8.66. The summed E-state index contributed by atoms with van der Waals surface area (Å²) < 4.78 is 0. The van der Waals surface area contributed by atoms with Gasteiger partial charge in [0.1, 0.15) is 0 Å². The highest BCUT2D eigenvalue weighted by molar-refractivity contribution is 6.07. The highest BCUT2D eigenvalue weighted by Gasteiger charge is 2.20. The van der Waals surface area contributed by atoms with Crippen LogP contribution in [0.2, 0.25) is 0 Å². The number of rotatable bonds is 8. The van der Waals surface area contributed by atoms with Gasteiger partial charge in [-0.3, -0.25) is 0 Å². The minimum Gasteiger partial charge on any atom is -0.310 e. The van der Waals surface area contributed by atoms with Crippen LogP contribution in [-0.2, 0) is 0 Å². The molecule has 228 valence electrons. The Morgan fingerprint density at radius 3 is 1.02 bits per heavy atom. The van der Waals surface area contributed by atoms with E-state index in [9.17, 15) is 0 Å². The molecule has 0 heterocycles. The van der Waals surface area contributed by atoms with Crippen LogP contribution in [0.15, 0.2) is 164 Å². The van der Waals surface area contributed by atoms with Crippen molar-refractivity contribution in [3.63, 3.8) is 0 Å². The van der Waals surface area contributed by atoms with Crippen molar-refractivity contribution in [2.24, 2.45) is 0 Å². The molecule has 7 aromatic carbocycles. The van der Waals surface area contributed by atoms with Gasteiger partial charge in [-0.05, 0) is 92.6 Å². The molecule has 2 heteroatoms. The van der Waals surface area contributed by atoms with Crippen molar-refractivity contribution in [1.29, 1.82) is 0 Å². The first-order chi connectivity index (χ1) is 23.0. The van der Waals surface area contributed by atoms with Gasteiger partial charge in [0.2, 0.25) is 0 Å². The SMILES string of the molecule is Cc1ccc(N(c2ccc(C)cc2)c2ccc(N(c3ccc(C)cc3)c3ccc(C=Cc4ccccc4)cc3)c3ccccc23)cc1. The number of aryl methyl sites for hydroxylation is 3. The quantitative estimate of drug-likeness (QED) is 0.159. The first-order valence-corrected chi connectivity index (χ1v) is 16.2. The second kappa shape index (κ2) is 13.2. The predicted octanol–water partition coefficient (Wildman–Crippen LogP) is 12.9. The zero-order valence-electron chi connectivity index (χ0n) is 27.1. The van der Waals surface area contributed by atoms with E-state index in [1.165, 1.54) is 33.0 Å². The Kier molecular flexibility index (Phi) is 8.41. The van der Waals surface area contributed by atoms with E-state index >= 15 is 0 Å². The third kappa shape index (κ3) is 6.45. The molecule has 7 aromatic rings. The van der Waals surface area contributed by atoms with E-state index in [1.807, 2.05) is 6.07 Å². The third-order valence-electron chi connectivity index (χ3n) is 8.66. The maximum absolute atomic E-state index is 2.37. The van der Waals surface area contributed by atoms with Crippen molar-refractivity contribution in [2.45, 2.75) is 20.8 Å². The first kappa shape index (κ1) is 29.8. The molecule has 0 saturated heterocycles. The van der Waals surface area contributed by atoms with Gasteiger partial charge < -0.3 is 9.80 Å². The zero-order valence-corrected chi connectivity index (χ0v) is 27.1. The lowest BCUT2D eigenvalue weighted by Crippen LogP contribution is -2.13. The molecular weight excluding hydrogens is 569 g/mol. The lowest BCUT2D eigenvalue weighted by atomic mass is 10.0. The number of anilines is 6. The van der Waals surface area contributed by atoms with Gasteiger partial charge in [-0.25, -0.2) is 0 Å². The average molecular weight is 607 g/mol. The van der Waals surface area contributed by atoms with Crippen LogP contribution in [-0.4, -0.2) is 0 Å². The van der Waals surface area contributed by atoms with Gasteiger partial charge in [-0.15, -0.1) is 0 Å². The summed E-state index contributed by atoms with van der Waals surface area (Å²) in [5.41, 5.74) is 12.8. The number of fused-ring (bicyclic) bond motifs is 1. The van der Waals surface area contributed by atoms with Crippen LogP contribution in [0.5, 0.6) is 0 Å². The Morgan fingerprint density at radius 1 is 0.319 bits per heavy atom. The summed E-state index contributed by atoms with van der Waals surface area (Å²) in [6.07, 6.45) is 4.33. The average Bonchev–Trinajstić information content (AvgIpc) is 3.11. The van der Waals surface area contributed by atoms with Crippen LogP contribution in [0.25, 0.3) is 22.9 Å². The van der Waals surface area contributed by atoms with Crippen molar-refractivity contribution in [3.8, 4) is 0 Å². The first-order valence-electron chi connectivity index (χ1n) is 16.2. The molecule has 0 spiro atoms. The highest BCUT2D eigenvalue weighted by Crippen LogP contribution is 2.45. The second-order valence-electron chi connectivity index (χ2n) is 12.2. The van der Waals surface area contributed by atoms with Crippen LogP contribution in [0.3, 0.4) is 0 Å². The summed E-state index contributed by atoms with van der Waals surface area (Å²) >= 11 is 0. The predicted molar refractivity (Wildman–Crippen MR) is 203 cm³/mol. The smallest absolute Gasteiger partial charge is 0.0541 e. The molecule has 0 aliphatic rings. The molecule has 0 aromatic heterocycles. The van der Waals surface area contributed by atoms with E-state index in [0.29, 0.717) is 0 Å². The molecule has 47 heavy (non-hydrogen) atoms. The van der Waals surface area contributed by atoms with Crippen molar-refractivity contribution < 1.29 is 0 Å². The van der Waals surface area contributed by atoms with Crippen LogP contribution in [0.1, 0.15) is 27.8 Å². The van der Waals surface area contributed by atoms with Gasteiger partial charge in [0.25, 0.3) is 0 Å². The lowest BCUT2D eigenvalue weighted by Gasteiger charge is -2.30. The molecule has 0 bridgehead atoms. The summed E-state index contributed by atoms with van der Waals surface area (Å²) in [4.78, 5) is 4.74. The number of hydrogen-bond acceptors (Lipinski definition) is 2. The summed E-state index contributed by atoms with van der Waals surface area (Å²) in [5.74, 6) is 0. The normalized spacial score (nSPS) is 11.2. The van der Waals surface area contributed by atoms with Gasteiger partial charge in [0.05, 0.1) is 11.4 Å². The lowest BCUT2D eigenvalue weighted by molar-refractivity contribution is 1.26. The molecule has 0 radical (unpaired) electrons. The van der Waals surface area contributed by atoms with Crippen LogP contribution >= 0.6 is 0 Å². The van der Waals surface area contributed by atoms with E-state index in [2.05, 4.69) is 200 Å².